The van der Waals surface area contributed by atoms with Crippen LogP contribution in [0.1, 0.15) is 41.7 Å². The highest BCUT2D eigenvalue weighted by atomic mass is 16.5. The molecule has 1 aromatic carbocycles. The Morgan fingerprint density at radius 1 is 1.08 bits per heavy atom. The van der Waals surface area contributed by atoms with E-state index in [0.717, 1.165) is 37.2 Å². The zero-order valence-corrected chi connectivity index (χ0v) is 14.6. The van der Waals surface area contributed by atoms with Gasteiger partial charge in [-0.05, 0) is 31.0 Å². The molecule has 132 valence electrons. The van der Waals surface area contributed by atoms with E-state index in [1.165, 1.54) is 12.8 Å². The fourth-order valence-electron chi connectivity index (χ4n) is 3.01. The van der Waals surface area contributed by atoms with Gasteiger partial charge in [-0.1, -0.05) is 31.0 Å². The summed E-state index contributed by atoms with van der Waals surface area (Å²) >= 11 is 0. The molecular formula is C19H24N4O2. The topological polar surface area (TPSA) is 67.3 Å². The monoisotopic (exact) mass is 340 g/mol. The molecule has 0 atom stereocenters. The Labute approximate surface area is 148 Å². The summed E-state index contributed by atoms with van der Waals surface area (Å²) in [7, 11) is 1.65. The summed E-state index contributed by atoms with van der Waals surface area (Å²) in [4.78, 5) is 14.4. The Hall–Kier alpha value is -2.63. The molecule has 6 nitrogen and oxygen atoms in total. The Morgan fingerprint density at radius 3 is 2.52 bits per heavy atom. The molecule has 1 saturated heterocycles. The second-order valence-corrected chi connectivity index (χ2v) is 6.18. The van der Waals surface area contributed by atoms with Gasteiger partial charge < -0.3 is 15.0 Å². The lowest BCUT2D eigenvalue weighted by molar-refractivity contribution is 0.0754. The van der Waals surface area contributed by atoms with Gasteiger partial charge in [0, 0.05) is 25.2 Å². The van der Waals surface area contributed by atoms with Crippen LogP contribution in [0.5, 0.6) is 5.75 Å². The number of rotatable bonds is 5. The number of ether oxygens (including phenoxy) is 1. The van der Waals surface area contributed by atoms with Gasteiger partial charge in [-0.25, -0.2) is 0 Å². The maximum absolute atomic E-state index is 12.5. The Balaban J connectivity index is 1.61. The lowest BCUT2D eigenvalue weighted by Crippen LogP contribution is -2.32. The molecule has 1 fully saturated rings. The van der Waals surface area contributed by atoms with Crippen molar-refractivity contribution in [3.05, 3.63) is 47.7 Å². The van der Waals surface area contributed by atoms with Crippen LogP contribution in [-0.4, -0.2) is 41.2 Å². The molecule has 0 aliphatic carbocycles. The minimum Gasteiger partial charge on any atom is -0.496 e. The van der Waals surface area contributed by atoms with Crippen molar-refractivity contribution in [2.45, 2.75) is 32.2 Å². The molecule has 6 heteroatoms. The number of hydrogen-bond donors (Lipinski definition) is 1. The van der Waals surface area contributed by atoms with E-state index < -0.39 is 0 Å². The number of para-hydroxylation sites is 1. The van der Waals surface area contributed by atoms with Crippen molar-refractivity contribution in [1.82, 2.24) is 15.1 Å². The predicted octanol–water partition coefficient (Wildman–Crippen LogP) is 3.11. The molecule has 3 rings (SSSR count). The van der Waals surface area contributed by atoms with Gasteiger partial charge in [0.1, 0.15) is 11.6 Å². The second kappa shape index (κ2) is 8.46. The van der Waals surface area contributed by atoms with Crippen molar-refractivity contribution in [3.8, 4) is 5.75 Å². The van der Waals surface area contributed by atoms with E-state index in [-0.39, 0.29) is 5.91 Å². The van der Waals surface area contributed by atoms with E-state index in [1.54, 1.807) is 19.2 Å². The van der Waals surface area contributed by atoms with Gasteiger partial charge in [0.05, 0.1) is 7.11 Å². The number of hydrogen-bond acceptors (Lipinski definition) is 5. The Bertz CT molecular complexity index is 695. The molecular weight excluding hydrogens is 316 g/mol. The number of carbonyl (C=O) groups is 1. The van der Waals surface area contributed by atoms with E-state index in [9.17, 15) is 4.79 Å². The van der Waals surface area contributed by atoms with Crippen molar-refractivity contribution >= 4 is 11.7 Å². The number of aromatic nitrogens is 2. The maximum Gasteiger partial charge on any atom is 0.274 e. The largest absolute Gasteiger partial charge is 0.496 e. The number of benzene rings is 1. The number of nitrogens with zero attached hydrogens (tertiary/aromatic N) is 3. The van der Waals surface area contributed by atoms with Crippen LogP contribution in [0.15, 0.2) is 36.4 Å². The number of anilines is 1. The lowest BCUT2D eigenvalue weighted by Gasteiger charge is -2.19. The average Bonchev–Trinajstić information content (AvgIpc) is 2.96. The number of amides is 1. The molecule has 2 aromatic rings. The summed E-state index contributed by atoms with van der Waals surface area (Å²) in [5, 5.41) is 11.5. The first-order valence-electron chi connectivity index (χ1n) is 8.76. The zero-order chi connectivity index (χ0) is 17.5. The van der Waals surface area contributed by atoms with E-state index in [1.807, 2.05) is 29.2 Å². The third kappa shape index (κ3) is 4.47. The molecule has 1 amide bonds. The highest BCUT2D eigenvalue weighted by molar-refractivity contribution is 5.92. The molecule has 0 saturated carbocycles. The Kier molecular flexibility index (Phi) is 5.82. The number of carbonyl (C=O) groups excluding carboxylic acids is 1. The number of nitrogens with one attached hydrogen (secondary N) is 1. The highest BCUT2D eigenvalue weighted by Gasteiger charge is 2.18. The third-order valence-corrected chi connectivity index (χ3v) is 4.43. The van der Waals surface area contributed by atoms with Gasteiger partial charge in [0.2, 0.25) is 0 Å². The van der Waals surface area contributed by atoms with Crippen molar-refractivity contribution in [1.29, 1.82) is 0 Å². The normalized spacial score (nSPS) is 14.7. The summed E-state index contributed by atoms with van der Waals surface area (Å²) in [5.74, 6) is 1.44. The summed E-state index contributed by atoms with van der Waals surface area (Å²) in [6, 6.07) is 11.4. The molecule has 0 radical (unpaired) electrons. The van der Waals surface area contributed by atoms with Crippen LogP contribution >= 0.6 is 0 Å². The second-order valence-electron chi connectivity index (χ2n) is 6.18. The van der Waals surface area contributed by atoms with Crippen LogP contribution in [0.4, 0.5) is 5.82 Å². The van der Waals surface area contributed by atoms with E-state index in [0.29, 0.717) is 18.1 Å². The molecule has 25 heavy (non-hydrogen) atoms. The molecule has 1 aliphatic rings. The van der Waals surface area contributed by atoms with Crippen LogP contribution < -0.4 is 10.1 Å². The average molecular weight is 340 g/mol. The SMILES string of the molecule is COc1ccccc1CNc1ccc(C(=O)N2CCCCCC2)nn1. The van der Waals surface area contributed by atoms with Crippen molar-refractivity contribution in [3.63, 3.8) is 0 Å². The van der Waals surface area contributed by atoms with Crippen LogP contribution in [0, 0.1) is 0 Å². The minimum atomic E-state index is -0.0225. The van der Waals surface area contributed by atoms with E-state index in [2.05, 4.69) is 15.5 Å². The summed E-state index contributed by atoms with van der Waals surface area (Å²) < 4.78 is 5.34. The third-order valence-electron chi connectivity index (χ3n) is 4.43. The van der Waals surface area contributed by atoms with Crippen LogP contribution in [0.2, 0.25) is 0 Å². The van der Waals surface area contributed by atoms with E-state index in [4.69, 9.17) is 4.74 Å². The lowest BCUT2D eigenvalue weighted by atomic mass is 10.2. The molecule has 0 spiro atoms. The molecule has 0 unspecified atom stereocenters. The summed E-state index contributed by atoms with van der Waals surface area (Å²) in [6.07, 6.45) is 4.53. The van der Waals surface area contributed by atoms with Gasteiger partial charge in [0.25, 0.3) is 5.91 Å². The number of methoxy groups -OCH3 is 1. The van der Waals surface area contributed by atoms with Gasteiger partial charge in [-0.3, -0.25) is 4.79 Å². The molecule has 1 aromatic heterocycles. The molecule has 0 bridgehead atoms. The molecule has 1 N–H and O–H groups in total. The first-order chi connectivity index (χ1) is 12.3. The quantitative estimate of drug-likeness (QED) is 0.906. The molecule has 2 heterocycles. The first kappa shape index (κ1) is 17.2. The van der Waals surface area contributed by atoms with Crippen LogP contribution in [0.3, 0.4) is 0 Å². The molecule has 1 aliphatic heterocycles. The fourth-order valence-corrected chi connectivity index (χ4v) is 3.01. The maximum atomic E-state index is 12.5. The van der Waals surface area contributed by atoms with Crippen molar-refractivity contribution < 1.29 is 9.53 Å². The highest BCUT2D eigenvalue weighted by Crippen LogP contribution is 2.18. The first-order valence-corrected chi connectivity index (χ1v) is 8.76. The van der Waals surface area contributed by atoms with Crippen molar-refractivity contribution in [2.75, 3.05) is 25.5 Å². The van der Waals surface area contributed by atoms with Crippen LogP contribution in [0.25, 0.3) is 0 Å². The fraction of sp³-hybridized carbons (Fsp3) is 0.421. The smallest absolute Gasteiger partial charge is 0.274 e. The van der Waals surface area contributed by atoms with E-state index >= 15 is 0 Å². The number of likely N-dealkylation sites (tertiary alicyclic amines) is 1. The summed E-state index contributed by atoms with van der Waals surface area (Å²) in [6.45, 7) is 2.21. The van der Waals surface area contributed by atoms with Crippen molar-refractivity contribution in [2.24, 2.45) is 0 Å². The zero-order valence-electron chi connectivity index (χ0n) is 14.6. The van der Waals surface area contributed by atoms with Gasteiger partial charge in [-0.15, -0.1) is 10.2 Å². The standard InChI is InChI=1S/C19H24N4O2/c1-25-17-9-5-4-8-15(17)14-20-18-11-10-16(21-22-18)19(24)23-12-6-2-3-7-13-23/h4-5,8-11H,2-3,6-7,12-14H2,1H3,(H,20,22). The minimum absolute atomic E-state index is 0.0225. The van der Waals surface area contributed by atoms with Gasteiger partial charge in [0.15, 0.2) is 5.69 Å². The Morgan fingerprint density at radius 2 is 1.84 bits per heavy atom. The summed E-state index contributed by atoms with van der Waals surface area (Å²) in [5.41, 5.74) is 1.45. The van der Waals surface area contributed by atoms with Crippen LogP contribution in [-0.2, 0) is 6.54 Å². The van der Waals surface area contributed by atoms with Gasteiger partial charge >= 0.3 is 0 Å². The predicted molar refractivity (Wildman–Crippen MR) is 96.7 cm³/mol. The van der Waals surface area contributed by atoms with Gasteiger partial charge in [-0.2, -0.15) is 0 Å².